The molecule has 148 valence electrons. The van der Waals surface area contributed by atoms with Gasteiger partial charge in [0.1, 0.15) is 0 Å². The van der Waals surface area contributed by atoms with Crippen molar-refractivity contribution in [1.29, 1.82) is 0 Å². The fourth-order valence-electron chi connectivity index (χ4n) is 3.70. The summed E-state index contributed by atoms with van der Waals surface area (Å²) in [6.07, 6.45) is 7.31. The molecule has 0 saturated heterocycles. The van der Waals surface area contributed by atoms with Crippen LogP contribution in [0, 0.1) is 0 Å². The van der Waals surface area contributed by atoms with Crippen LogP contribution in [0.1, 0.15) is 73.1 Å². The van der Waals surface area contributed by atoms with Gasteiger partial charge in [0.15, 0.2) is 0 Å². The molecule has 0 aromatic heterocycles. The van der Waals surface area contributed by atoms with Gasteiger partial charge < -0.3 is 0 Å². The molecule has 4 heteroatoms. The van der Waals surface area contributed by atoms with Gasteiger partial charge in [0, 0.05) is 0 Å². The van der Waals surface area contributed by atoms with Crippen molar-refractivity contribution in [2.24, 2.45) is 0 Å². The Kier molecular flexibility index (Phi) is 11.3. The number of carbonyl (C=O) groups is 1. The Morgan fingerprint density at radius 2 is 1.54 bits per heavy atom. The molecule has 1 unspecified atom stereocenters. The molecule has 1 aromatic rings. The summed E-state index contributed by atoms with van der Waals surface area (Å²) < 4.78 is 16.9. The predicted molar refractivity (Wildman–Crippen MR) is 113 cm³/mol. The van der Waals surface area contributed by atoms with Crippen LogP contribution in [0.5, 0.6) is 5.75 Å². The standard InChI is InChI=1S/C10H11O3.3C4H9.Sn/c1-8(11)12-9(2)13-10-6-4-3-5-7-10;3*1-3-4-2;/h3-4,6-7,9H,1-2H3;3*1,3-4H2,2H3;. The first-order valence-electron chi connectivity index (χ1n) is 10.4. The average Bonchev–Trinajstić information content (AvgIpc) is 2.61. The van der Waals surface area contributed by atoms with Crippen LogP contribution >= 0.6 is 0 Å². The summed E-state index contributed by atoms with van der Waals surface area (Å²) in [5, 5.41) is 0. The fourth-order valence-corrected chi connectivity index (χ4v) is 19.7. The summed E-state index contributed by atoms with van der Waals surface area (Å²) in [7, 11) is 0. The van der Waals surface area contributed by atoms with Gasteiger partial charge in [0.2, 0.25) is 0 Å². The van der Waals surface area contributed by atoms with Crippen LogP contribution in [0.3, 0.4) is 0 Å². The SMILES string of the molecule is CCC[CH2][Sn]([CH2]CCC)([CH2]CCC)[c]1cccc(OC(C)OC(C)=O)c1. The number of ether oxygens (including phenoxy) is 2. The van der Waals surface area contributed by atoms with E-state index in [2.05, 4.69) is 39.0 Å². The Hall–Kier alpha value is -0.711. The fraction of sp³-hybridized carbons (Fsp3) is 0.682. The normalized spacial score (nSPS) is 12.7. The molecule has 0 aliphatic carbocycles. The van der Waals surface area contributed by atoms with Crippen molar-refractivity contribution in [2.75, 3.05) is 0 Å². The van der Waals surface area contributed by atoms with E-state index in [1.165, 1.54) is 58.8 Å². The topological polar surface area (TPSA) is 35.5 Å². The Morgan fingerprint density at radius 1 is 1.00 bits per heavy atom. The monoisotopic (exact) mass is 470 g/mol. The van der Waals surface area contributed by atoms with Crippen molar-refractivity contribution in [1.82, 2.24) is 0 Å². The first-order chi connectivity index (χ1) is 12.5. The maximum absolute atomic E-state index is 11.1. The summed E-state index contributed by atoms with van der Waals surface area (Å²) in [6.45, 7) is 10.1. The Labute approximate surface area is 164 Å². The van der Waals surface area contributed by atoms with E-state index in [1.54, 1.807) is 10.5 Å². The van der Waals surface area contributed by atoms with Crippen molar-refractivity contribution in [3.05, 3.63) is 24.3 Å². The van der Waals surface area contributed by atoms with E-state index in [0.29, 0.717) is 0 Å². The third-order valence-electron chi connectivity index (χ3n) is 5.11. The van der Waals surface area contributed by atoms with Crippen molar-refractivity contribution in [3.8, 4) is 5.75 Å². The zero-order chi connectivity index (χ0) is 19.4. The maximum atomic E-state index is 11.1. The summed E-state index contributed by atoms with van der Waals surface area (Å²) in [5.41, 5.74) is 0. The molecule has 0 amide bonds. The number of benzene rings is 1. The van der Waals surface area contributed by atoms with Crippen molar-refractivity contribution >= 4 is 27.9 Å². The van der Waals surface area contributed by atoms with E-state index < -0.39 is 24.7 Å². The second kappa shape index (κ2) is 12.6. The minimum absolute atomic E-state index is 0.309. The molecule has 0 spiro atoms. The van der Waals surface area contributed by atoms with Crippen LogP contribution in [0.2, 0.25) is 13.3 Å². The van der Waals surface area contributed by atoms with Crippen LogP contribution in [0.4, 0.5) is 0 Å². The number of esters is 1. The number of rotatable bonds is 13. The second-order valence-corrected chi connectivity index (χ2v) is 20.7. The van der Waals surface area contributed by atoms with Gasteiger partial charge in [-0.25, -0.2) is 0 Å². The molecule has 1 rings (SSSR count). The van der Waals surface area contributed by atoms with E-state index in [4.69, 9.17) is 9.47 Å². The van der Waals surface area contributed by atoms with E-state index in [0.717, 1.165) is 5.75 Å². The molecule has 0 N–H and O–H groups in total. The Balaban J connectivity index is 3.09. The van der Waals surface area contributed by atoms with Gasteiger partial charge in [-0.2, -0.15) is 0 Å². The molecular weight excluding hydrogens is 431 g/mol. The molecule has 3 nitrogen and oxygen atoms in total. The zero-order valence-corrected chi connectivity index (χ0v) is 20.3. The number of carbonyl (C=O) groups excluding carboxylic acids is 1. The molecule has 0 aliphatic heterocycles. The molecule has 0 fully saturated rings. The van der Waals surface area contributed by atoms with Gasteiger partial charge in [-0.3, -0.25) is 0 Å². The molecule has 0 heterocycles. The molecule has 1 aromatic carbocycles. The van der Waals surface area contributed by atoms with Gasteiger partial charge in [-0.05, 0) is 0 Å². The summed E-state index contributed by atoms with van der Waals surface area (Å²) >= 11 is -2.44. The third-order valence-corrected chi connectivity index (χ3v) is 20.7. The first kappa shape index (κ1) is 23.3. The van der Waals surface area contributed by atoms with E-state index >= 15 is 0 Å². The average molecular weight is 469 g/mol. The quantitative estimate of drug-likeness (QED) is 0.201. The summed E-state index contributed by atoms with van der Waals surface area (Å²) in [4.78, 5) is 11.1. The van der Waals surface area contributed by atoms with Gasteiger partial charge in [0.05, 0.1) is 0 Å². The van der Waals surface area contributed by atoms with Crippen LogP contribution < -0.4 is 8.32 Å². The van der Waals surface area contributed by atoms with E-state index in [-0.39, 0.29) is 5.97 Å². The third kappa shape index (κ3) is 7.89. The first-order valence-corrected chi connectivity index (χ1v) is 17.9. The zero-order valence-electron chi connectivity index (χ0n) is 17.5. The van der Waals surface area contributed by atoms with Crippen LogP contribution in [0.25, 0.3) is 0 Å². The molecule has 0 bridgehead atoms. The van der Waals surface area contributed by atoms with E-state index in [1.807, 2.05) is 6.07 Å². The van der Waals surface area contributed by atoms with Crippen LogP contribution in [-0.4, -0.2) is 30.6 Å². The van der Waals surface area contributed by atoms with Crippen LogP contribution in [-0.2, 0) is 9.53 Å². The van der Waals surface area contributed by atoms with Gasteiger partial charge in [0.25, 0.3) is 0 Å². The Morgan fingerprint density at radius 3 is 2.00 bits per heavy atom. The summed E-state index contributed by atoms with van der Waals surface area (Å²) in [6, 6.07) is 8.72. The molecule has 0 radical (unpaired) electrons. The number of hydrogen-bond donors (Lipinski definition) is 0. The predicted octanol–water partition coefficient (Wildman–Crippen LogP) is 6.03. The van der Waals surface area contributed by atoms with Gasteiger partial charge in [-0.1, -0.05) is 0 Å². The van der Waals surface area contributed by atoms with Gasteiger partial charge in [-0.15, -0.1) is 0 Å². The Bertz CT molecular complexity index is 508. The van der Waals surface area contributed by atoms with Gasteiger partial charge >= 0.3 is 165 Å². The van der Waals surface area contributed by atoms with E-state index in [9.17, 15) is 4.79 Å². The molecule has 0 aliphatic rings. The number of hydrogen-bond acceptors (Lipinski definition) is 3. The van der Waals surface area contributed by atoms with Crippen molar-refractivity contribution in [3.63, 3.8) is 0 Å². The second-order valence-electron chi connectivity index (χ2n) is 7.41. The van der Waals surface area contributed by atoms with Crippen molar-refractivity contribution in [2.45, 2.75) is 92.7 Å². The molecule has 0 saturated carbocycles. The minimum atomic E-state index is -2.44. The number of unbranched alkanes of at least 4 members (excludes halogenated alkanes) is 3. The summed E-state index contributed by atoms with van der Waals surface area (Å²) in [5.74, 6) is 0.526. The van der Waals surface area contributed by atoms with Crippen LogP contribution in [0.15, 0.2) is 24.3 Å². The molecular formula is C22H38O3Sn. The molecule has 1 atom stereocenters. The van der Waals surface area contributed by atoms with Crippen molar-refractivity contribution < 1.29 is 14.3 Å². The molecule has 26 heavy (non-hydrogen) atoms.